The number of nitrogens with zero attached hydrogens (tertiary/aromatic N) is 1. The van der Waals surface area contributed by atoms with Gasteiger partial charge in [0.15, 0.2) is 17.6 Å². The molecule has 24 heavy (non-hydrogen) atoms. The number of nitrogens with one attached hydrogen (secondary N) is 1. The second-order valence-electron chi connectivity index (χ2n) is 5.36. The van der Waals surface area contributed by atoms with Gasteiger partial charge in [0.1, 0.15) is 5.69 Å². The third-order valence-corrected chi connectivity index (χ3v) is 4.43. The number of aromatic nitrogens is 1. The fourth-order valence-electron chi connectivity index (χ4n) is 2.01. The molecule has 2 rings (SSSR count). The Hall–Kier alpha value is -2.48. The van der Waals surface area contributed by atoms with E-state index in [1.807, 2.05) is 13.8 Å². The van der Waals surface area contributed by atoms with Gasteiger partial charge in [0.2, 0.25) is 0 Å². The highest BCUT2D eigenvalue weighted by Gasteiger charge is 2.25. The number of hydrogen-bond donors (Lipinski definition) is 2. The molecule has 1 unspecified atom stereocenters. The largest absolute Gasteiger partial charge is 0.494 e. The lowest BCUT2D eigenvalue weighted by atomic mass is 10.1. The van der Waals surface area contributed by atoms with Crippen molar-refractivity contribution in [2.75, 3.05) is 7.11 Å². The lowest BCUT2D eigenvalue weighted by Gasteiger charge is -2.15. The maximum Gasteiger partial charge on any atom is 0.330 e. The summed E-state index contributed by atoms with van der Waals surface area (Å²) in [6.45, 7) is 3.89. The minimum absolute atomic E-state index is 0.00436. The number of ether oxygens (including phenoxy) is 1. The van der Waals surface area contributed by atoms with Crippen molar-refractivity contribution in [3.05, 3.63) is 45.7 Å². The van der Waals surface area contributed by atoms with Crippen molar-refractivity contribution in [2.45, 2.75) is 25.8 Å². The summed E-state index contributed by atoms with van der Waals surface area (Å²) in [6, 6.07) is 2.34. The Morgan fingerprint density at radius 1 is 1.38 bits per heavy atom. The van der Waals surface area contributed by atoms with Crippen LogP contribution in [-0.2, 0) is 4.79 Å². The SMILES string of the molecule is COc1ccc(C(NC(=O)c2csc(C(C)C)n2)C(=O)O)cc1F. The number of amides is 1. The van der Waals surface area contributed by atoms with Crippen LogP contribution in [-0.4, -0.2) is 29.1 Å². The zero-order valence-electron chi connectivity index (χ0n) is 13.4. The standard InChI is InChI=1S/C16H17FN2O4S/c1-8(2)15-18-11(7-24-15)14(20)19-13(16(21)22)9-4-5-12(23-3)10(17)6-9/h4-8,13H,1-3H3,(H,19,20)(H,21,22). The van der Waals surface area contributed by atoms with Crippen LogP contribution in [0, 0.1) is 5.82 Å². The Labute approximate surface area is 142 Å². The molecule has 1 aromatic carbocycles. The molecule has 0 aliphatic heterocycles. The van der Waals surface area contributed by atoms with E-state index in [-0.39, 0.29) is 22.9 Å². The predicted octanol–water partition coefficient (Wildman–Crippen LogP) is 2.97. The summed E-state index contributed by atoms with van der Waals surface area (Å²) in [5.74, 6) is -2.46. The first-order valence-electron chi connectivity index (χ1n) is 7.16. The highest BCUT2D eigenvalue weighted by Crippen LogP contribution is 2.23. The zero-order chi connectivity index (χ0) is 17.9. The number of hydrogen-bond acceptors (Lipinski definition) is 5. The number of carbonyl (C=O) groups is 2. The average Bonchev–Trinajstić information content (AvgIpc) is 3.02. The van der Waals surface area contributed by atoms with Crippen molar-refractivity contribution in [2.24, 2.45) is 0 Å². The summed E-state index contributed by atoms with van der Waals surface area (Å²) in [4.78, 5) is 27.9. The van der Waals surface area contributed by atoms with Gasteiger partial charge in [-0.15, -0.1) is 11.3 Å². The van der Waals surface area contributed by atoms with E-state index in [1.165, 1.54) is 30.6 Å². The van der Waals surface area contributed by atoms with Crippen LogP contribution in [0.15, 0.2) is 23.6 Å². The van der Waals surface area contributed by atoms with E-state index in [1.54, 1.807) is 5.38 Å². The van der Waals surface area contributed by atoms with Crippen LogP contribution >= 0.6 is 11.3 Å². The predicted molar refractivity (Wildman–Crippen MR) is 87.0 cm³/mol. The molecule has 1 heterocycles. The van der Waals surface area contributed by atoms with E-state index in [0.29, 0.717) is 0 Å². The van der Waals surface area contributed by atoms with Gasteiger partial charge in [0.25, 0.3) is 5.91 Å². The summed E-state index contributed by atoms with van der Waals surface area (Å²) in [6.07, 6.45) is 0. The van der Waals surface area contributed by atoms with E-state index < -0.39 is 23.7 Å². The smallest absolute Gasteiger partial charge is 0.330 e. The number of carboxylic acid groups (broad SMARTS) is 1. The molecule has 0 aliphatic carbocycles. The number of carboxylic acids is 1. The number of carbonyl (C=O) groups excluding carboxylic acids is 1. The van der Waals surface area contributed by atoms with Crippen molar-refractivity contribution in [3.8, 4) is 5.75 Å². The van der Waals surface area contributed by atoms with Crippen molar-refractivity contribution in [3.63, 3.8) is 0 Å². The maximum absolute atomic E-state index is 13.8. The Balaban J connectivity index is 2.23. The summed E-state index contributed by atoms with van der Waals surface area (Å²) in [7, 11) is 1.31. The Bertz CT molecular complexity index is 760. The lowest BCUT2D eigenvalue weighted by molar-refractivity contribution is -0.139. The number of aliphatic carboxylic acids is 1. The van der Waals surface area contributed by atoms with Gasteiger partial charge in [-0.05, 0) is 17.7 Å². The second-order valence-corrected chi connectivity index (χ2v) is 6.25. The number of methoxy groups -OCH3 is 1. The van der Waals surface area contributed by atoms with Gasteiger partial charge in [-0.2, -0.15) is 0 Å². The number of rotatable bonds is 6. The molecule has 0 saturated carbocycles. The number of thiazole rings is 1. The molecule has 128 valence electrons. The summed E-state index contributed by atoms with van der Waals surface area (Å²) in [5.41, 5.74) is 0.248. The molecule has 6 nitrogen and oxygen atoms in total. The Morgan fingerprint density at radius 2 is 2.08 bits per heavy atom. The first kappa shape index (κ1) is 17.9. The topological polar surface area (TPSA) is 88.5 Å². The third kappa shape index (κ3) is 3.88. The van der Waals surface area contributed by atoms with Crippen LogP contribution in [0.2, 0.25) is 0 Å². The molecule has 8 heteroatoms. The third-order valence-electron chi connectivity index (χ3n) is 3.28. The molecule has 0 spiro atoms. The monoisotopic (exact) mass is 352 g/mol. The van der Waals surface area contributed by atoms with Crippen molar-refractivity contribution >= 4 is 23.2 Å². The minimum Gasteiger partial charge on any atom is -0.494 e. The molecule has 1 atom stereocenters. The van der Waals surface area contributed by atoms with E-state index >= 15 is 0 Å². The highest BCUT2D eigenvalue weighted by molar-refractivity contribution is 7.09. The van der Waals surface area contributed by atoms with E-state index in [2.05, 4.69) is 10.3 Å². The molecule has 0 saturated heterocycles. The van der Waals surface area contributed by atoms with Crippen LogP contribution in [0.3, 0.4) is 0 Å². The van der Waals surface area contributed by atoms with Gasteiger partial charge in [0, 0.05) is 11.3 Å². The highest BCUT2D eigenvalue weighted by atomic mass is 32.1. The van der Waals surface area contributed by atoms with Crippen LogP contribution in [0.5, 0.6) is 5.75 Å². The summed E-state index contributed by atoms with van der Waals surface area (Å²) >= 11 is 1.33. The van der Waals surface area contributed by atoms with Gasteiger partial charge >= 0.3 is 5.97 Å². The normalized spacial score (nSPS) is 12.0. The van der Waals surface area contributed by atoms with Crippen LogP contribution in [0.25, 0.3) is 0 Å². The molecule has 2 N–H and O–H groups in total. The number of halogens is 1. The molecule has 1 amide bonds. The Morgan fingerprint density at radius 3 is 2.58 bits per heavy atom. The molecule has 0 aliphatic rings. The molecule has 0 bridgehead atoms. The van der Waals surface area contributed by atoms with Gasteiger partial charge < -0.3 is 15.2 Å². The van der Waals surface area contributed by atoms with Gasteiger partial charge in [-0.1, -0.05) is 19.9 Å². The van der Waals surface area contributed by atoms with Crippen molar-refractivity contribution in [1.29, 1.82) is 0 Å². The van der Waals surface area contributed by atoms with Gasteiger partial charge in [-0.3, -0.25) is 4.79 Å². The fourth-order valence-corrected chi connectivity index (χ4v) is 2.83. The average molecular weight is 352 g/mol. The molecule has 0 fully saturated rings. The lowest BCUT2D eigenvalue weighted by Crippen LogP contribution is -2.34. The molecular formula is C16H17FN2O4S. The molecule has 1 aromatic heterocycles. The van der Waals surface area contributed by atoms with Crippen LogP contribution < -0.4 is 10.1 Å². The second kappa shape index (κ2) is 7.39. The van der Waals surface area contributed by atoms with Gasteiger partial charge in [0.05, 0.1) is 12.1 Å². The van der Waals surface area contributed by atoms with E-state index in [4.69, 9.17) is 4.74 Å². The van der Waals surface area contributed by atoms with Crippen LogP contribution in [0.1, 0.15) is 46.9 Å². The maximum atomic E-state index is 13.8. The first-order chi connectivity index (χ1) is 11.3. The zero-order valence-corrected chi connectivity index (χ0v) is 14.2. The molecule has 2 aromatic rings. The summed E-state index contributed by atoms with van der Waals surface area (Å²) < 4.78 is 18.6. The van der Waals surface area contributed by atoms with Crippen LogP contribution in [0.4, 0.5) is 4.39 Å². The summed E-state index contributed by atoms with van der Waals surface area (Å²) in [5, 5.41) is 14.1. The van der Waals surface area contributed by atoms with E-state index in [9.17, 15) is 19.1 Å². The van der Waals surface area contributed by atoms with Crippen molar-refractivity contribution < 1.29 is 23.8 Å². The fraction of sp³-hybridized carbons (Fsp3) is 0.312. The molecule has 0 radical (unpaired) electrons. The molecular weight excluding hydrogens is 335 g/mol. The first-order valence-corrected chi connectivity index (χ1v) is 8.04. The van der Waals surface area contributed by atoms with Crippen molar-refractivity contribution in [1.82, 2.24) is 10.3 Å². The van der Waals surface area contributed by atoms with Gasteiger partial charge in [-0.25, -0.2) is 14.2 Å². The quantitative estimate of drug-likeness (QED) is 0.834. The minimum atomic E-state index is -1.39. The Kier molecular flexibility index (Phi) is 5.50. The van der Waals surface area contributed by atoms with E-state index in [0.717, 1.165) is 11.1 Å². The number of benzene rings is 1.